The summed E-state index contributed by atoms with van der Waals surface area (Å²) >= 11 is 5.23. The van der Waals surface area contributed by atoms with E-state index in [0.29, 0.717) is 17.0 Å². The number of nitrogens with zero attached hydrogens (tertiary/aromatic N) is 5. The smallest absolute Gasteiger partial charge is 0.199 e. The molecule has 0 aliphatic rings. The van der Waals surface area contributed by atoms with Crippen LogP contribution in [-0.4, -0.2) is 35.4 Å². The number of hydrogen-bond donors (Lipinski definition) is 2. The highest BCUT2D eigenvalue weighted by Gasteiger charge is 2.10. The predicted octanol–water partition coefficient (Wildman–Crippen LogP) is 1.03. The Bertz CT molecular complexity index is 683. The van der Waals surface area contributed by atoms with Gasteiger partial charge in [0.25, 0.3) is 0 Å². The number of tetrazole rings is 1. The molecule has 0 bridgehead atoms. The Morgan fingerprint density at radius 1 is 1.17 bits per heavy atom. The number of H-pyrrole nitrogens is 2. The molecule has 18 heavy (non-hydrogen) atoms. The van der Waals surface area contributed by atoms with E-state index in [4.69, 9.17) is 12.2 Å². The minimum absolute atomic E-state index is 0.457. The molecule has 0 saturated carbocycles. The third kappa shape index (κ3) is 1.93. The Morgan fingerprint density at radius 3 is 2.72 bits per heavy atom. The van der Waals surface area contributed by atoms with Gasteiger partial charge in [-0.15, -0.1) is 10.2 Å². The van der Waals surface area contributed by atoms with Gasteiger partial charge in [0.1, 0.15) is 5.82 Å². The second kappa shape index (κ2) is 4.49. The number of benzene rings is 1. The van der Waals surface area contributed by atoms with Crippen molar-refractivity contribution in [3.05, 3.63) is 46.8 Å². The predicted molar refractivity (Wildman–Crippen MR) is 65.7 cm³/mol. The van der Waals surface area contributed by atoms with Crippen molar-refractivity contribution in [2.24, 2.45) is 0 Å². The molecule has 2 N–H and O–H groups in total. The molecule has 0 atom stereocenters. The van der Waals surface area contributed by atoms with Gasteiger partial charge < -0.3 is 0 Å². The topological polar surface area (TPSA) is 88.1 Å². The molecule has 0 fully saturated rings. The molecule has 0 spiro atoms. The average molecular weight is 259 g/mol. The van der Waals surface area contributed by atoms with Crippen LogP contribution in [0.3, 0.4) is 0 Å². The zero-order chi connectivity index (χ0) is 12.4. The molecular formula is C10H9N7S. The van der Waals surface area contributed by atoms with Crippen LogP contribution in [0.1, 0.15) is 11.6 Å². The molecule has 0 radical (unpaired) electrons. The van der Waals surface area contributed by atoms with E-state index in [-0.39, 0.29) is 0 Å². The van der Waals surface area contributed by atoms with Crippen molar-refractivity contribution < 1.29 is 0 Å². The van der Waals surface area contributed by atoms with Crippen LogP contribution in [0, 0.1) is 4.77 Å². The third-order valence-electron chi connectivity index (χ3n) is 2.46. The van der Waals surface area contributed by atoms with Crippen molar-refractivity contribution in [2.45, 2.75) is 6.42 Å². The second-order valence-electron chi connectivity index (χ2n) is 3.62. The van der Waals surface area contributed by atoms with Gasteiger partial charge in [0.15, 0.2) is 10.6 Å². The lowest BCUT2D eigenvalue weighted by atomic mass is 10.3. The van der Waals surface area contributed by atoms with E-state index in [1.807, 2.05) is 34.9 Å². The number of para-hydroxylation sites is 1. The van der Waals surface area contributed by atoms with E-state index in [1.165, 1.54) is 0 Å². The quantitative estimate of drug-likeness (QED) is 0.686. The standard InChI is InChI=1S/C10H9N7S/c18-10-14-13-9(6-8-11-15-16-12-8)17(10)7-4-2-1-3-5-7/h1-5H,6H2,(H,14,18)(H,11,12,15,16). The summed E-state index contributed by atoms with van der Waals surface area (Å²) in [4.78, 5) is 0. The summed E-state index contributed by atoms with van der Waals surface area (Å²) in [5.41, 5.74) is 0.953. The monoisotopic (exact) mass is 259 g/mol. The zero-order valence-corrected chi connectivity index (χ0v) is 10.1. The molecule has 2 aromatic heterocycles. The molecule has 3 rings (SSSR count). The summed E-state index contributed by atoms with van der Waals surface area (Å²) in [5, 5.41) is 20.7. The van der Waals surface area contributed by atoms with E-state index < -0.39 is 0 Å². The van der Waals surface area contributed by atoms with Crippen molar-refractivity contribution in [3.63, 3.8) is 0 Å². The molecular weight excluding hydrogens is 250 g/mol. The first-order chi connectivity index (χ1) is 8.84. The maximum Gasteiger partial charge on any atom is 0.199 e. The fourth-order valence-electron chi connectivity index (χ4n) is 1.69. The molecule has 8 heteroatoms. The summed E-state index contributed by atoms with van der Waals surface area (Å²) in [6, 6.07) is 9.77. The molecule has 0 saturated heterocycles. The minimum Gasteiger partial charge on any atom is -0.272 e. The van der Waals surface area contributed by atoms with Gasteiger partial charge >= 0.3 is 0 Å². The van der Waals surface area contributed by atoms with Crippen molar-refractivity contribution in [1.82, 2.24) is 35.4 Å². The Hall–Kier alpha value is -2.35. The lowest BCUT2D eigenvalue weighted by Gasteiger charge is -2.04. The first-order valence-corrected chi connectivity index (χ1v) is 5.69. The largest absolute Gasteiger partial charge is 0.272 e. The van der Waals surface area contributed by atoms with Gasteiger partial charge in [0, 0.05) is 5.69 Å². The Kier molecular flexibility index (Phi) is 2.69. The van der Waals surface area contributed by atoms with E-state index in [9.17, 15) is 0 Å². The molecule has 0 aliphatic heterocycles. The molecule has 0 amide bonds. The van der Waals surface area contributed by atoms with Crippen LogP contribution < -0.4 is 0 Å². The highest BCUT2D eigenvalue weighted by Crippen LogP contribution is 2.12. The number of nitrogens with one attached hydrogen (secondary N) is 2. The SMILES string of the molecule is S=c1[nH]nc(Cc2nn[nH]n2)n1-c1ccccc1. The summed E-state index contributed by atoms with van der Waals surface area (Å²) in [6.07, 6.45) is 0.457. The van der Waals surface area contributed by atoms with Crippen LogP contribution in [0.4, 0.5) is 0 Å². The Morgan fingerprint density at radius 2 is 2.00 bits per heavy atom. The highest BCUT2D eigenvalue weighted by molar-refractivity contribution is 7.71. The van der Waals surface area contributed by atoms with Gasteiger partial charge in [0.05, 0.1) is 6.42 Å². The lowest BCUT2D eigenvalue weighted by molar-refractivity contribution is 0.853. The van der Waals surface area contributed by atoms with Crippen molar-refractivity contribution in [1.29, 1.82) is 0 Å². The number of rotatable bonds is 3. The molecule has 2 heterocycles. The lowest BCUT2D eigenvalue weighted by Crippen LogP contribution is -2.03. The van der Waals surface area contributed by atoms with Gasteiger partial charge in [-0.2, -0.15) is 10.3 Å². The maximum absolute atomic E-state index is 5.23. The van der Waals surface area contributed by atoms with Gasteiger partial charge in [-0.25, -0.2) is 0 Å². The Labute approximate surface area is 107 Å². The number of aromatic amines is 2. The van der Waals surface area contributed by atoms with Crippen molar-refractivity contribution >= 4 is 12.2 Å². The normalized spacial score (nSPS) is 10.7. The highest BCUT2D eigenvalue weighted by atomic mass is 32.1. The van der Waals surface area contributed by atoms with E-state index in [0.717, 1.165) is 11.5 Å². The zero-order valence-electron chi connectivity index (χ0n) is 9.24. The van der Waals surface area contributed by atoms with Crippen molar-refractivity contribution in [2.75, 3.05) is 0 Å². The summed E-state index contributed by atoms with van der Waals surface area (Å²) in [5.74, 6) is 1.31. The summed E-state index contributed by atoms with van der Waals surface area (Å²) in [6.45, 7) is 0. The van der Waals surface area contributed by atoms with Crippen molar-refractivity contribution in [3.8, 4) is 5.69 Å². The van der Waals surface area contributed by atoms with Gasteiger partial charge in [-0.05, 0) is 24.4 Å². The molecule has 0 aliphatic carbocycles. The van der Waals surface area contributed by atoms with E-state index in [1.54, 1.807) is 0 Å². The first-order valence-electron chi connectivity index (χ1n) is 5.28. The van der Waals surface area contributed by atoms with Crippen LogP contribution in [0.15, 0.2) is 30.3 Å². The Balaban J connectivity index is 2.05. The van der Waals surface area contributed by atoms with Crippen LogP contribution >= 0.6 is 12.2 Å². The number of hydrogen-bond acceptors (Lipinski definition) is 5. The van der Waals surface area contributed by atoms with Crippen LogP contribution in [0.2, 0.25) is 0 Å². The second-order valence-corrected chi connectivity index (χ2v) is 4.01. The molecule has 7 nitrogen and oxygen atoms in total. The van der Waals surface area contributed by atoms with Gasteiger partial charge in [-0.3, -0.25) is 9.67 Å². The fourth-order valence-corrected chi connectivity index (χ4v) is 1.95. The average Bonchev–Trinajstić information content (AvgIpc) is 3.02. The third-order valence-corrected chi connectivity index (χ3v) is 2.74. The van der Waals surface area contributed by atoms with Crippen LogP contribution in [-0.2, 0) is 6.42 Å². The van der Waals surface area contributed by atoms with Gasteiger partial charge in [0.2, 0.25) is 0 Å². The molecule has 3 aromatic rings. The minimum atomic E-state index is 0.457. The first kappa shape index (κ1) is 10.8. The van der Waals surface area contributed by atoms with E-state index >= 15 is 0 Å². The van der Waals surface area contributed by atoms with Gasteiger partial charge in [-0.1, -0.05) is 23.4 Å². The maximum atomic E-state index is 5.23. The molecule has 1 aromatic carbocycles. The molecule has 0 unspecified atom stereocenters. The fraction of sp³-hybridized carbons (Fsp3) is 0.100. The van der Waals surface area contributed by atoms with E-state index in [2.05, 4.69) is 30.8 Å². The van der Waals surface area contributed by atoms with Crippen LogP contribution in [0.25, 0.3) is 5.69 Å². The number of aromatic nitrogens is 7. The molecule has 90 valence electrons. The summed E-state index contributed by atoms with van der Waals surface area (Å²) < 4.78 is 2.39. The summed E-state index contributed by atoms with van der Waals surface area (Å²) in [7, 11) is 0. The van der Waals surface area contributed by atoms with Crippen LogP contribution in [0.5, 0.6) is 0 Å².